The lowest BCUT2D eigenvalue weighted by Gasteiger charge is -2.41. The second-order valence-corrected chi connectivity index (χ2v) is 10.4. The van der Waals surface area contributed by atoms with E-state index >= 15 is 0 Å². The molecular weight excluding hydrogens is 549 g/mol. The van der Waals surface area contributed by atoms with Gasteiger partial charge in [-0.3, -0.25) is 9.59 Å². The molecule has 2 aliphatic rings. The fraction of sp³-hybridized carbons (Fsp3) is 0.500. The Morgan fingerprint density at radius 2 is 1.68 bits per heavy atom. The summed E-state index contributed by atoms with van der Waals surface area (Å²) in [6.07, 6.45) is -5.60. The maximum atomic E-state index is 13.4. The second-order valence-electron chi connectivity index (χ2n) is 10.4. The van der Waals surface area contributed by atoms with Gasteiger partial charge in [0, 0.05) is 24.3 Å². The van der Waals surface area contributed by atoms with Crippen molar-refractivity contribution in [2.45, 2.75) is 75.6 Å². The van der Waals surface area contributed by atoms with Crippen molar-refractivity contribution in [3.63, 3.8) is 0 Å². The van der Waals surface area contributed by atoms with Crippen LogP contribution < -0.4 is 20.3 Å². The number of ether oxygens (including phenoxy) is 1. The van der Waals surface area contributed by atoms with Crippen LogP contribution in [0.3, 0.4) is 0 Å². The van der Waals surface area contributed by atoms with Gasteiger partial charge in [0.05, 0.1) is 5.56 Å². The van der Waals surface area contributed by atoms with Crippen molar-refractivity contribution >= 4 is 17.6 Å². The summed E-state index contributed by atoms with van der Waals surface area (Å²) in [7, 11) is 0. The lowest BCUT2D eigenvalue weighted by atomic mass is 9.96. The minimum atomic E-state index is -4.88. The Kier molecular flexibility index (Phi) is 7.92. The van der Waals surface area contributed by atoms with Crippen molar-refractivity contribution in [1.82, 2.24) is 15.6 Å². The lowest BCUT2D eigenvalue weighted by Crippen LogP contribution is -2.55. The number of alkyl halides is 6. The van der Waals surface area contributed by atoms with Crippen LogP contribution >= 0.6 is 0 Å². The molecule has 4 rings (SSSR count). The molecule has 14 heteroatoms. The van der Waals surface area contributed by atoms with Crippen LogP contribution in [0.5, 0.6) is 5.75 Å². The molecule has 0 unspecified atom stereocenters. The Hall–Kier alpha value is -3.58. The number of hydrogen-bond donors (Lipinski definition) is 2. The quantitative estimate of drug-likeness (QED) is 0.454. The summed E-state index contributed by atoms with van der Waals surface area (Å²) in [6, 6.07) is 4.57. The van der Waals surface area contributed by atoms with Crippen LogP contribution in [0.4, 0.5) is 36.6 Å². The molecule has 2 aliphatic heterocycles. The van der Waals surface area contributed by atoms with E-state index in [1.807, 2.05) is 0 Å². The SMILES string of the molecule is CC(C)(Oc1ccc(F)cc1C(F)(F)F)C(=O)N[C@H]1C[C@H]2CC[C@@H](C1)N2c1ccc(C(=O)NCC(F)(F)F)cn1. The molecule has 0 radical (unpaired) electrons. The number of aromatic nitrogens is 1. The van der Waals surface area contributed by atoms with Crippen LogP contribution in [0.25, 0.3) is 0 Å². The van der Waals surface area contributed by atoms with Gasteiger partial charge in [-0.15, -0.1) is 0 Å². The van der Waals surface area contributed by atoms with Gasteiger partial charge in [0.2, 0.25) is 0 Å². The van der Waals surface area contributed by atoms with Crippen molar-refractivity contribution in [3.8, 4) is 5.75 Å². The highest BCUT2D eigenvalue weighted by Gasteiger charge is 2.44. The highest BCUT2D eigenvalue weighted by atomic mass is 19.4. The van der Waals surface area contributed by atoms with E-state index in [0.29, 0.717) is 24.7 Å². The maximum Gasteiger partial charge on any atom is 0.420 e. The molecule has 0 spiro atoms. The molecule has 1 aromatic carbocycles. The molecule has 2 bridgehead atoms. The van der Waals surface area contributed by atoms with Crippen LogP contribution in [-0.4, -0.2) is 53.2 Å². The van der Waals surface area contributed by atoms with E-state index < -0.39 is 53.4 Å². The number of carbonyl (C=O) groups is 2. The van der Waals surface area contributed by atoms with Crippen LogP contribution in [0.2, 0.25) is 0 Å². The Morgan fingerprint density at radius 1 is 1.02 bits per heavy atom. The van der Waals surface area contributed by atoms with Gasteiger partial charge in [-0.2, -0.15) is 26.3 Å². The number of nitrogens with zero attached hydrogens (tertiary/aromatic N) is 2. The number of halogens is 7. The number of rotatable bonds is 7. The van der Waals surface area contributed by atoms with E-state index in [4.69, 9.17) is 4.74 Å². The Bertz CT molecular complexity index is 1230. The third kappa shape index (κ3) is 6.76. The number of carbonyl (C=O) groups excluding carboxylic acids is 2. The minimum Gasteiger partial charge on any atom is -0.477 e. The van der Waals surface area contributed by atoms with Gasteiger partial charge < -0.3 is 20.3 Å². The van der Waals surface area contributed by atoms with E-state index in [1.54, 1.807) is 11.4 Å². The van der Waals surface area contributed by atoms with Crippen LogP contribution in [0.15, 0.2) is 36.5 Å². The van der Waals surface area contributed by atoms with Crippen LogP contribution in [0.1, 0.15) is 55.5 Å². The molecular formula is C26H27F7N4O3. The third-order valence-electron chi connectivity index (χ3n) is 6.95. The van der Waals surface area contributed by atoms with E-state index in [0.717, 1.165) is 25.0 Å². The number of benzene rings is 1. The molecule has 2 N–H and O–H groups in total. The van der Waals surface area contributed by atoms with Crippen molar-refractivity contribution < 1.29 is 45.1 Å². The largest absolute Gasteiger partial charge is 0.477 e. The van der Waals surface area contributed by atoms with Crippen LogP contribution in [0, 0.1) is 5.82 Å². The van der Waals surface area contributed by atoms with Crippen molar-refractivity contribution in [3.05, 3.63) is 53.5 Å². The normalized spacial score (nSPS) is 21.2. The molecule has 2 fully saturated rings. The molecule has 7 nitrogen and oxygen atoms in total. The summed E-state index contributed by atoms with van der Waals surface area (Å²) in [5, 5.41) is 4.65. The summed E-state index contributed by atoms with van der Waals surface area (Å²) in [5.41, 5.74) is -3.03. The fourth-order valence-corrected chi connectivity index (χ4v) is 5.12. The average Bonchev–Trinajstić information content (AvgIpc) is 3.12. The molecule has 1 aromatic heterocycles. The van der Waals surface area contributed by atoms with Gasteiger partial charge in [0.15, 0.2) is 5.60 Å². The van der Waals surface area contributed by atoms with Gasteiger partial charge in [0.25, 0.3) is 11.8 Å². The molecule has 218 valence electrons. The predicted octanol–water partition coefficient (Wildman–Crippen LogP) is 5.01. The number of nitrogens with one attached hydrogen (secondary N) is 2. The van der Waals surface area contributed by atoms with Gasteiger partial charge in [0.1, 0.15) is 29.5 Å². The number of amides is 2. The van der Waals surface area contributed by atoms with Crippen molar-refractivity contribution in [1.29, 1.82) is 0 Å². The lowest BCUT2D eigenvalue weighted by molar-refractivity contribution is -0.144. The zero-order valence-corrected chi connectivity index (χ0v) is 21.5. The highest BCUT2D eigenvalue weighted by Crippen LogP contribution is 2.40. The summed E-state index contributed by atoms with van der Waals surface area (Å²) in [6.45, 7) is 1.20. The van der Waals surface area contributed by atoms with E-state index in [1.165, 1.54) is 26.1 Å². The zero-order chi connectivity index (χ0) is 29.5. The predicted molar refractivity (Wildman–Crippen MR) is 129 cm³/mol. The first-order valence-electron chi connectivity index (χ1n) is 12.5. The molecule has 2 amide bonds. The summed E-state index contributed by atoms with van der Waals surface area (Å²) >= 11 is 0. The Balaban J connectivity index is 1.38. The van der Waals surface area contributed by atoms with Crippen molar-refractivity contribution in [2.24, 2.45) is 0 Å². The van der Waals surface area contributed by atoms with Gasteiger partial charge in [-0.05, 0) is 69.9 Å². The molecule has 3 atom stereocenters. The molecule has 0 saturated carbocycles. The third-order valence-corrected chi connectivity index (χ3v) is 6.95. The van der Waals surface area contributed by atoms with E-state index in [9.17, 15) is 40.3 Å². The fourth-order valence-electron chi connectivity index (χ4n) is 5.12. The van der Waals surface area contributed by atoms with Gasteiger partial charge in [-0.25, -0.2) is 9.37 Å². The number of piperidine rings is 1. The summed E-state index contributed by atoms with van der Waals surface area (Å²) in [4.78, 5) is 31.3. The minimum absolute atomic E-state index is 0.0143. The number of anilines is 1. The molecule has 2 saturated heterocycles. The smallest absolute Gasteiger partial charge is 0.420 e. The Morgan fingerprint density at radius 3 is 2.23 bits per heavy atom. The summed E-state index contributed by atoms with van der Waals surface area (Å²) in [5.74, 6) is -2.73. The monoisotopic (exact) mass is 576 g/mol. The Labute approximate surface area is 225 Å². The van der Waals surface area contributed by atoms with E-state index in [2.05, 4.69) is 15.2 Å². The second kappa shape index (κ2) is 10.8. The van der Waals surface area contributed by atoms with Crippen molar-refractivity contribution in [2.75, 3.05) is 11.4 Å². The first-order chi connectivity index (χ1) is 18.5. The van der Waals surface area contributed by atoms with Gasteiger partial charge >= 0.3 is 12.4 Å². The molecule has 40 heavy (non-hydrogen) atoms. The van der Waals surface area contributed by atoms with E-state index in [-0.39, 0.29) is 23.7 Å². The maximum absolute atomic E-state index is 13.4. The van der Waals surface area contributed by atoms with Gasteiger partial charge in [-0.1, -0.05) is 0 Å². The first kappa shape index (κ1) is 29.4. The molecule has 3 heterocycles. The first-order valence-corrected chi connectivity index (χ1v) is 12.5. The molecule has 0 aliphatic carbocycles. The number of hydrogen-bond acceptors (Lipinski definition) is 5. The average molecular weight is 577 g/mol. The number of fused-ring (bicyclic) bond motifs is 2. The van der Waals surface area contributed by atoms with Crippen LogP contribution in [-0.2, 0) is 11.0 Å². The highest BCUT2D eigenvalue weighted by molar-refractivity contribution is 5.94. The standard InChI is InChI=1S/C26H27F7N4O3/c1-24(2,40-20-7-4-15(27)9-19(20)26(31,32)33)23(39)36-16-10-17-5-6-18(11-16)37(17)21-8-3-14(12-34-21)22(38)35-13-25(28,29)30/h3-4,7-9,12,16-18H,5-6,10-11,13H2,1-2H3,(H,35,38)(H,36,39)/t16-,17+,18-. The summed E-state index contributed by atoms with van der Waals surface area (Å²) < 4.78 is 96.0. The molecule has 2 aromatic rings. The zero-order valence-electron chi connectivity index (χ0n) is 21.5. The topological polar surface area (TPSA) is 83.6 Å². The number of pyridine rings is 1.